The number of pyridine rings is 1. The monoisotopic (exact) mass is 401 g/mol. The van der Waals surface area contributed by atoms with E-state index in [9.17, 15) is 13.6 Å². The first-order valence-corrected chi connectivity index (χ1v) is 9.89. The second kappa shape index (κ2) is 8.06. The van der Waals surface area contributed by atoms with Crippen molar-refractivity contribution in [2.45, 2.75) is 32.4 Å². The number of amides is 1. The number of carbonyl (C=O) groups excluding carboxylic acids is 1. The molecule has 0 saturated carbocycles. The van der Waals surface area contributed by atoms with E-state index < -0.39 is 11.6 Å². The van der Waals surface area contributed by atoms with Gasteiger partial charge >= 0.3 is 0 Å². The zero-order chi connectivity index (χ0) is 20.4. The van der Waals surface area contributed by atoms with Crippen molar-refractivity contribution in [2.75, 3.05) is 26.7 Å². The minimum atomic E-state index is -0.610. The zero-order valence-electron chi connectivity index (χ0n) is 16.5. The van der Waals surface area contributed by atoms with Crippen molar-refractivity contribution in [1.29, 1.82) is 0 Å². The van der Waals surface area contributed by atoms with E-state index in [4.69, 9.17) is 4.74 Å². The molecule has 1 spiro atoms. The van der Waals surface area contributed by atoms with Crippen molar-refractivity contribution in [3.05, 3.63) is 59.4 Å². The molecular weight excluding hydrogens is 376 g/mol. The number of piperidine rings is 1. The number of likely N-dealkylation sites (tertiary alicyclic amines) is 2. The molecule has 0 aliphatic carbocycles. The Kier molecular flexibility index (Phi) is 5.50. The van der Waals surface area contributed by atoms with Crippen LogP contribution < -0.4 is 4.74 Å². The van der Waals surface area contributed by atoms with Crippen LogP contribution in [0.25, 0.3) is 0 Å². The number of carbonyl (C=O) groups is 1. The predicted octanol–water partition coefficient (Wildman–Crippen LogP) is 3.38. The average Bonchev–Trinajstić information content (AvgIpc) is 2.98. The van der Waals surface area contributed by atoms with E-state index in [1.807, 2.05) is 12.1 Å². The fourth-order valence-corrected chi connectivity index (χ4v) is 4.47. The summed E-state index contributed by atoms with van der Waals surface area (Å²) in [6.45, 7) is 3.46. The molecule has 4 rings (SSSR count). The van der Waals surface area contributed by atoms with E-state index in [1.165, 1.54) is 12.1 Å². The molecule has 1 amide bonds. The molecule has 2 fully saturated rings. The first-order valence-electron chi connectivity index (χ1n) is 9.89. The quantitative estimate of drug-likeness (QED) is 0.771. The first kappa shape index (κ1) is 19.8. The summed E-state index contributed by atoms with van der Waals surface area (Å²) in [5.41, 5.74) is 1.42. The second-order valence-electron chi connectivity index (χ2n) is 8.17. The molecule has 0 radical (unpaired) electrons. The Morgan fingerprint density at radius 1 is 1.10 bits per heavy atom. The van der Waals surface area contributed by atoms with Gasteiger partial charge in [0, 0.05) is 44.4 Å². The van der Waals surface area contributed by atoms with Crippen LogP contribution in [0.2, 0.25) is 0 Å². The molecule has 154 valence electrons. The van der Waals surface area contributed by atoms with E-state index in [-0.39, 0.29) is 17.9 Å². The average molecular weight is 401 g/mol. The maximum atomic E-state index is 13.5. The van der Waals surface area contributed by atoms with Crippen molar-refractivity contribution < 1.29 is 18.3 Å². The molecule has 5 nitrogen and oxygen atoms in total. The molecule has 7 heteroatoms. The number of hydrogen-bond acceptors (Lipinski definition) is 4. The molecule has 1 aromatic heterocycles. The Labute approximate surface area is 169 Å². The Morgan fingerprint density at radius 3 is 2.52 bits per heavy atom. The van der Waals surface area contributed by atoms with E-state index in [2.05, 4.69) is 9.88 Å². The van der Waals surface area contributed by atoms with Gasteiger partial charge in [0.25, 0.3) is 0 Å². The highest BCUT2D eigenvalue weighted by Gasteiger charge is 2.44. The van der Waals surface area contributed by atoms with Crippen molar-refractivity contribution >= 4 is 5.91 Å². The molecule has 0 bridgehead atoms. The summed E-state index contributed by atoms with van der Waals surface area (Å²) in [5, 5.41) is 0. The highest BCUT2D eigenvalue weighted by atomic mass is 19.1. The van der Waals surface area contributed by atoms with Crippen LogP contribution in [0.4, 0.5) is 8.78 Å². The Hall–Kier alpha value is -2.54. The van der Waals surface area contributed by atoms with E-state index in [0.717, 1.165) is 50.0 Å². The van der Waals surface area contributed by atoms with Gasteiger partial charge in [-0.3, -0.25) is 14.7 Å². The van der Waals surface area contributed by atoms with Gasteiger partial charge in [-0.05, 0) is 55.1 Å². The fourth-order valence-electron chi connectivity index (χ4n) is 4.47. The summed E-state index contributed by atoms with van der Waals surface area (Å²) in [5.74, 6) is -0.353. The van der Waals surface area contributed by atoms with Crippen LogP contribution in [0, 0.1) is 17.0 Å². The third-order valence-corrected chi connectivity index (χ3v) is 6.03. The summed E-state index contributed by atoms with van der Waals surface area (Å²) in [6.07, 6.45) is 4.12. The van der Waals surface area contributed by atoms with Crippen LogP contribution in [0.3, 0.4) is 0 Å². The van der Waals surface area contributed by atoms with E-state index >= 15 is 0 Å². The zero-order valence-corrected chi connectivity index (χ0v) is 16.5. The first-order chi connectivity index (χ1) is 13.9. The normalized spacial score (nSPS) is 19.1. The van der Waals surface area contributed by atoms with Gasteiger partial charge in [0.15, 0.2) is 0 Å². The molecule has 2 saturated heterocycles. The van der Waals surface area contributed by atoms with E-state index in [0.29, 0.717) is 18.5 Å². The molecule has 0 atom stereocenters. The van der Waals surface area contributed by atoms with Crippen molar-refractivity contribution in [1.82, 2.24) is 14.8 Å². The Bertz CT molecular complexity index is 877. The van der Waals surface area contributed by atoms with Crippen molar-refractivity contribution in [2.24, 2.45) is 5.41 Å². The topological polar surface area (TPSA) is 45.7 Å². The number of rotatable bonds is 5. The standard InChI is InChI=1S/C22H25F2N3O2/c1-29-20-2-5-25-19(11-20)14-26-6-3-22(4-7-26)12-21(28)27(15-22)13-16-8-17(23)10-18(24)9-16/h2,5,8-11H,3-4,6-7,12-15H2,1H3. The summed E-state index contributed by atoms with van der Waals surface area (Å²) < 4.78 is 32.2. The lowest BCUT2D eigenvalue weighted by molar-refractivity contribution is -0.128. The highest BCUT2D eigenvalue weighted by Crippen LogP contribution is 2.41. The molecule has 29 heavy (non-hydrogen) atoms. The van der Waals surface area contributed by atoms with Crippen molar-refractivity contribution in [3.63, 3.8) is 0 Å². The van der Waals surface area contributed by atoms with Gasteiger partial charge in [0.2, 0.25) is 5.91 Å². The van der Waals surface area contributed by atoms with Gasteiger partial charge in [-0.25, -0.2) is 8.78 Å². The molecule has 2 aliphatic heterocycles. The molecular formula is C22H25F2N3O2. The van der Waals surface area contributed by atoms with Gasteiger partial charge in [-0.15, -0.1) is 0 Å². The van der Waals surface area contributed by atoms with Gasteiger partial charge in [0.1, 0.15) is 17.4 Å². The summed E-state index contributed by atoms with van der Waals surface area (Å²) in [6, 6.07) is 7.22. The van der Waals surface area contributed by atoms with E-state index in [1.54, 1.807) is 18.2 Å². The largest absolute Gasteiger partial charge is 0.497 e. The Morgan fingerprint density at radius 2 is 1.83 bits per heavy atom. The third-order valence-electron chi connectivity index (χ3n) is 6.03. The minimum absolute atomic E-state index is 0.0404. The lowest BCUT2D eigenvalue weighted by Gasteiger charge is -2.38. The number of methoxy groups -OCH3 is 1. The number of ether oxygens (including phenoxy) is 1. The number of nitrogens with zero attached hydrogens (tertiary/aromatic N) is 3. The third kappa shape index (κ3) is 4.56. The summed E-state index contributed by atoms with van der Waals surface area (Å²) in [7, 11) is 1.64. The lowest BCUT2D eigenvalue weighted by atomic mass is 9.77. The van der Waals surface area contributed by atoms with Crippen LogP contribution in [0.5, 0.6) is 5.75 Å². The highest BCUT2D eigenvalue weighted by molar-refractivity contribution is 5.79. The van der Waals surface area contributed by atoms with Gasteiger partial charge in [0.05, 0.1) is 12.8 Å². The lowest BCUT2D eigenvalue weighted by Crippen LogP contribution is -2.41. The van der Waals surface area contributed by atoms with Gasteiger partial charge in [-0.1, -0.05) is 0 Å². The number of benzene rings is 1. The molecule has 3 heterocycles. The number of hydrogen-bond donors (Lipinski definition) is 0. The van der Waals surface area contributed by atoms with Crippen molar-refractivity contribution in [3.8, 4) is 5.75 Å². The molecule has 2 aliphatic rings. The maximum absolute atomic E-state index is 13.5. The fraction of sp³-hybridized carbons (Fsp3) is 0.455. The van der Waals surface area contributed by atoms with Gasteiger partial charge in [-0.2, -0.15) is 0 Å². The summed E-state index contributed by atoms with van der Waals surface area (Å²) >= 11 is 0. The maximum Gasteiger partial charge on any atom is 0.223 e. The molecule has 0 unspecified atom stereocenters. The van der Waals surface area contributed by atoms with Crippen LogP contribution in [0.1, 0.15) is 30.5 Å². The summed E-state index contributed by atoms with van der Waals surface area (Å²) in [4.78, 5) is 21.1. The SMILES string of the molecule is COc1ccnc(CN2CCC3(CC2)CC(=O)N(Cc2cc(F)cc(F)c2)C3)c1. The Balaban J connectivity index is 1.35. The smallest absolute Gasteiger partial charge is 0.223 e. The molecule has 1 aromatic carbocycles. The molecule has 0 N–H and O–H groups in total. The number of halogens is 2. The van der Waals surface area contributed by atoms with Crippen LogP contribution in [-0.2, 0) is 17.9 Å². The van der Waals surface area contributed by atoms with Gasteiger partial charge < -0.3 is 9.64 Å². The van der Waals surface area contributed by atoms with Crippen LogP contribution >= 0.6 is 0 Å². The predicted molar refractivity (Wildman–Crippen MR) is 104 cm³/mol. The number of aromatic nitrogens is 1. The molecule has 2 aromatic rings. The second-order valence-corrected chi connectivity index (χ2v) is 8.17. The minimum Gasteiger partial charge on any atom is -0.497 e. The van der Waals surface area contributed by atoms with Crippen LogP contribution in [0.15, 0.2) is 36.5 Å². The van der Waals surface area contributed by atoms with Crippen LogP contribution in [-0.4, -0.2) is 47.4 Å².